The van der Waals surface area contributed by atoms with E-state index in [9.17, 15) is 14.7 Å². The van der Waals surface area contributed by atoms with Crippen molar-refractivity contribution in [3.63, 3.8) is 0 Å². The fraction of sp³-hybridized carbons (Fsp3) is 0.447. The van der Waals surface area contributed by atoms with Gasteiger partial charge >= 0.3 is 0 Å². The van der Waals surface area contributed by atoms with E-state index in [1.54, 1.807) is 12.0 Å². The Morgan fingerprint density at radius 2 is 1.80 bits per heavy atom. The highest BCUT2D eigenvalue weighted by Gasteiger charge is 2.66. The van der Waals surface area contributed by atoms with Crippen molar-refractivity contribution < 1.29 is 29.0 Å². The largest absolute Gasteiger partial charge is 0.497 e. The molecule has 0 unspecified atom stereocenters. The van der Waals surface area contributed by atoms with Crippen LogP contribution in [0.5, 0.6) is 5.75 Å². The van der Waals surface area contributed by atoms with Gasteiger partial charge in [0.1, 0.15) is 5.75 Å². The first-order valence-corrected chi connectivity index (χ1v) is 21.1. The molecule has 4 aliphatic heterocycles. The molecular formula is C38H44BrN3O6Si. The van der Waals surface area contributed by atoms with Crippen molar-refractivity contribution in [3.05, 3.63) is 82.3 Å². The smallest absolute Gasteiger partial charge is 0.264 e. The van der Waals surface area contributed by atoms with E-state index in [0.29, 0.717) is 19.5 Å². The van der Waals surface area contributed by atoms with Gasteiger partial charge in [0.25, 0.3) is 5.91 Å². The molecule has 0 saturated carbocycles. The average Bonchev–Trinajstić information content (AvgIpc) is 3.75. The molecule has 3 amide bonds. The Bertz CT molecular complexity index is 1770. The molecule has 1 N–H and O–H groups in total. The number of ether oxygens (including phenoxy) is 2. The van der Waals surface area contributed by atoms with Crippen LogP contribution < -0.4 is 19.7 Å². The van der Waals surface area contributed by atoms with Crippen LogP contribution in [0.25, 0.3) is 0 Å². The van der Waals surface area contributed by atoms with Gasteiger partial charge in [-0.1, -0.05) is 65.4 Å². The Labute approximate surface area is 297 Å². The number of amides is 3. The topological polar surface area (TPSA) is 99.6 Å². The molecule has 0 aliphatic carbocycles. The fourth-order valence-electron chi connectivity index (χ4n) is 8.84. The molecule has 9 nitrogen and oxygen atoms in total. The Morgan fingerprint density at radius 1 is 1.06 bits per heavy atom. The van der Waals surface area contributed by atoms with Crippen molar-refractivity contribution in [1.82, 2.24) is 4.90 Å². The quantitative estimate of drug-likeness (QED) is 0.235. The van der Waals surface area contributed by atoms with Crippen molar-refractivity contribution in [2.45, 2.75) is 75.5 Å². The third kappa shape index (κ3) is 5.62. The summed E-state index contributed by atoms with van der Waals surface area (Å²) >= 11 is 3.67. The van der Waals surface area contributed by atoms with Gasteiger partial charge in [-0.05, 0) is 66.4 Å². The van der Waals surface area contributed by atoms with Crippen molar-refractivity contribution in [2.24, 2.45) is 5.92 Å². The predicted octanol–water partition coefficient (Wildman–Crippen LogP) is 5.33. The molecule has 11 heteroatoms. The minimum absolute atomic E-state index is 0.0344. The van der Waals surface area contributed by atoms with Gasteiger partial charge in [0.15, 0.2) is 5.60 Å². The molecular weight excluding hydrogens is 702 g/mol. The summed E-state index contributed by atoms with van der Waals surface area (Å²) < 4.78 is 13.5. The number of fused-ring (bicyclic) bond motifs is 2. The summed E-state index contributed by atoms with van der Waals surface area (Å²) in [6.07, 6.45) is 1.86. The third-order valence-electron chi connectivity index (χ3n) is 11.5. The van der Waals surface area contributed by atoms with E-state index in [-0.39, 0.29) is 48.3 Å². The number of hydrogen-bond donors (Lipinski definition) is 1. The van der Waals surface area contributed by atoms with Crippen molar-refractivity contribution in [2.75, 3.05) is 36.6 Å². The number of aliphatic hydroxyl groups is 1. The van der Waals surface area contributed by atoms with Crippen LogP contribution in [0, 0.1) is 5.92 Å². The number of β-lactam (4-membered cyclic amide) rings is 1. The number of nitrogens with zero attached hydrogens (tertiary/aromatic N) is 3. The van der Waals surface area contributed by atoms with Gasteiger partial charge in [-0.3, -0.25) is 14.4 Å². The summed E-state index contributed by atoms with van der Waals surface area (Å²) in [7, 11) is -0.775. The van der Waals surface area contributed by atoms with Crippen LogP contribution >= 0.6 is 15.9 Å². The molecule has 5 atom stereocenters. The summed E-state index contributed by atoms with van der Waals surface area (Å²) in [6.45, 7) is 8.38. The zero-order chi connectivity index (χ0) is 34.7. The van der Waals surface area contributed by atoms with Crippen molar-refractivity contribution in [3.8, 4) is 5.75 Å². The number of likely N-dealkylation sites (tertiary alicyclic amines) is 1. The molecule has 49 heavy (non-hydrogen) atoms. The van der Waals surface area contributed by atoms with Crippen LogP contribution in [-0.2, 0) is 31.3 Å². The van der Waals surface area contributed by atoms with Crippen LogP contribution in [-0.4, -0.2) is 74.8 Å². The first-order chi connectivity index (χ1) is 23.5. The van der Waals surface area contributed by atoms with Crippen LogP contribution in [0.1, 0.15) is 43.7 Å². The molecule has 0 radical (unpaired) electrons. The maximum atomic E-state index is 15.1. The fourth-order valence-corrected chi connectivity index (χ4v) is 13.2. The summed E-state index contributed by atoms with van der Waals surface area (Å²) in [4.78, 5) is 46.5. The van der Waals surface area contributed by atoms with Gasteiger partial charge in [0.2, 0.25) is 11.8 Å². The van der Waals surface area contributed by atoms with Gasteiger partial charge in [-0.25, -0.2) is 0 Å². The number of methoxy groups -OCH3 is 1. The number of anilines is 2. The first-order valence-electron chi connectivity index (χ1n) is 17.2. The Morgan fingerprint density at radius 3 is 2.43 bits per heavy atom. The lowest BCUT2D eigenvalue weighted by atomic mass is 9.82. The molecule has 3 fully saturated rings. The molecule has 4 heterocycles. The second kappa shape index (κ2) is 13.0. The number of hydrogen-bond acceptors (Lipinski definition) is 6. The molecule has 3 aromatic carbocycles. The van der Waals surface area contributed by atoms with Gasteiger partial charge in [-0.2, -0.15) is 0 Å². The van der Waals surface area contributed by atoms with Gasteiger partial charge in [0, 0.05) is 41.2 Å². The molecule has 7 rings (SSSR count). The summed E-state index contributed by atoms with van der Waals surface area (Å²) in [6, 6.07) is 21.8. The van der Waals surface area contributed by atoms with Crippen LogP contribution in [0.4, 0.5) is 11.4 Å². The highest BCUT2D eigenvalue weighted by Crippen LogP contribution is 2.60. The normalized spacial score (nSPS) is 26.4. The number of halogens is 1. The van der Waals surface area contributed by atoms with E-state index < -0.39 is 19.8 Å². The molecule has 0 bridgehead atoms. The SMILES string of the molecule is COc1ccc([Si](C)(C)[C@@H]2[C@@H](CC(=O)N3CCC[C@H]3CO)O[C@]3(C(=O)N(Cc4ccc(N5CCC5=O)cc4)c4ccc(Br)cc43)[C@H]2C)cc1. The van der Waals surface area contributed by atoms with E-state index in [4.69, 9.17) is 9.47 Å². The number of rotatable bonds is 9. The summed E-state index contributed by atoms with van der Waals surface area (Å²) in [5.74, 6) is 0.501. The Kier molecular flexibility index (Phi) is 9.00. The minimum Gasteiger partial charge on any atom is -0.497 e. The van der Waals surface area contributed by atoms with E-state index in [1.165, 1.54) is 5.19 Å². The molecule has 3 aromatic rings. The van der Waals surface area contributed by atoms with Crippen molar-refractivity contribution >= 4 is 58.3 Å². The zero-order valence-corrected chi connectivity index (χ0v) is 31.1. The Hall–Kier alpha value is -3.51. The maximum Gasteiger partial charge on any atom is 0.264 e. The highest BCUT2D eigenvalue weighted by molar-refractivity contribution is 9.10. The number of carbonyl (C=O) groups excluding carboxylic acids is 3. The van der Waals surface area contributed by atoms with E-state index in [1.807, 2.05) is 64.4 Å². The lowest BCUT2D eigenvalue weighted by Crippen LogP contribution is -2.52. The third-order valence-corrected chi connectivity index (χ3v) is 16.4. The Balaban J connectivity index is 1.27. The van der Waals surface area contributed by atoms with E-state index in [2.05, 4.69) is 48.1 Å². The van der Waals surface area contributed by atoms with Gasteiger partial charge in [-0.15, -0.1) is 0 Å². The van der Waals surface area contributed by atoms with E-state index >= 15 is 4.79 Å². The predicted molar refractivity (Wildman–Crippen MR) is 195 cm³/mol. The second-order valence-electron chi connectivity index (χ2n) is 14.4. The van der Waals surface area contributed by atoms with Gasteiger partial charge < -0.3 is 29.3 Å². The van der Waals surface area contributed by atoms with Gasteiger partial charge in [0.05, 0.1) is 52.6 Å². The first kappa shape index (κ1) is 34.0. The summed E-state index contributed by atoms with van der Waals surface area (Å²) in [5, 5.41) is 11.2. The second-order valence-corrected chi connectivity index (χ2v) is 20.0. The molecule has 258 valence electrons. The average molecular weight is 747 g/mol. The van der Waals surface area contributed by atoms with Crippen LogP contribution in [0.3, 0.4) is 0 Å². The standard InChI is InChI=1S/C38H44BrN3O6Si/c1-24-36(49(3,4)30-14-12-29(47-2)13-15-30)33(21-35(45)40-18-5-6-28(40)23-43)48-38(24)31-20-26(39)9-16-32(31)42(37(38)46)22-25-7-10-27(11-8-25)41-19-17-34(41)44/h7-16,20,24,28,33,36,43H,5-6,17-19,21-23H2,1-4H3/t24-,28-,33+,36-,38+/m0/s1. The number of carbonyl (C=O) groups is 3. The highest BCUT2D eigenvalue weighted by atomic mass is 79.9. The van der Waals surface area contributed by atoms with Crippen molar-refractivity contribution in [1.29, 1.82) is 0 Å². The van der Waals surface area contributed by atoms with Crippen LogP contribution in [0.15, 0.2) is 71.2 Å². The molecule has 4 aliphatic rings. The molecule has 0 aromatic heterocycles. The molecule has 3 saturated heterocycles. The number of aliphatic hydroxyl groups excluding tert-OH is 1. The minimum atomic E-state index is -2.43. The van der Waals surface area contributed by atoms with Crippen LogP contribution in [0.2, 0.25) is 18.6 Å². The van der Waals surface area contributed by atoms with E-state index in [0.717, 1.165) is 52.1 Å². The zero-order valence-electron chi connectivity index (χ0n) is 28.5. The monoisotopic (exact) mass is 745 g/mol. The summed E-state index contributed by atoms with van der Waals surface area (Å²) in [5.41, 5.74) is 2.07. The number of benzene rings is 3. The lowest BCUT2D eigenvalue weighted by Gasteiger charge is -2.37. The lowest BCUT2D eigenvalue weighted by molar-refractivity contribution is -0.150. The molecule has 1 spiro atoms. The maximum absolute atomic E-state index is 15.1.